The lowest BCUT2D eigenvalue weighted by Crippen LogP contribution is -2.28. The Labute approximate surface area is 124 Å². The molecule has 1 aromatic carbocycles. The van der Waals surface area contributed by atoms with Crippen molar-refractivity contribution in [3.63, 3.8) is 0 Å². The number of benzene rings is 1. The number of aromatic nitrogens is 1. The third kappa shape index (κ3) is 3.51. The molecule has 0 amide bonds. The van der Waals surface area contributed by atoms with Crippen LogP contribution in [0.1, 0.15) is 18.9 Å². The molecule has 0 bridgehead atoms. The van der Waals surface area contributed by atoms with Crippen LogP contribution in [-0.2, 0) is 22.9 Å². The Morgan fingerprint density at radius 3 is 2.57 bits per heavy atom. The summed E-state index contributed by atoms with van der Waals surface area (Å²) in [6.07, 6.45) is 0.584. The molecular weight excluding hydrogens is 288 g/mol. The van der Waals surface area contributed by atoms with Crippen molar-refractivity contribution in [1.29, 1.82) is 0 Å². The van der Waals surface area contributed by atoms with Gasteiger partial charge in [0, 0.05) is 24.4 Å². The van der Waals surface area contributed by atoms with Crippen LogP contribution in [0.25, 0.3) is 10.9 Å². The molecule has 0 aliphatic rings. The Morgan fingerprint density at radius 2 is 1.90 bits per heavy atom. The Bertz CT molecular complexity index is 794. The summed E-state index contributed by atoms with van der Waals surface area (Å²) in [6.45, 7) is 2.13. The molecule has 0 saturated heterocycles. The lowest BCUT2D eigenvalue weighted by atomic mass is 10.1. The Hall–Kier alpha value is -1.66. The third-order valence-corrected chi connectivity index (χ3v) is 5.27. The molecule has 2 N–H and O–H groups in total. The van der Waals surface area contributed by atoms with Gasteiger partial charge in [-0.05, 0) is 23.9 Å². The number of nitrogens with zero attached hydrogens (tertiary/aromatic N) is 1. The van der Waals surface area contributed by atoms with Crippen LogP contribution >= 0.6 is 0 Å². The summed E-state index contributed by atoms with van der Waals surface area (Å²) in [6, 6.07) is 9.20. The summed E-state index contributed by atoms with van der Waals surface area (Å²) in [4.78, 5) is 12.4. The van der Waals surface area contributed by atoms with Crippen LogP contribution in [0.3, 0.4) is 0 Å². The minimum absolute atomic E-state index is 0.0290. The standard InChI is InChI=1S/C15H20N2O3S/c1-2-8-21(19,20)9-7-17-14-6-4-3-5-12(14)10-13(11-16)15(17)18/h3-6,10H,2,7-9,11,16H2,1H3. The molecule has 0 radical (unpaired) electrons. The maximum atomic E-state index is 12.4. The van der Waals surface area contributed by atoms with Gasteiger partial charge >= 0.3 is 0 Å². The van der Waals surface area contributed by atoms with Crippen LogP contribution in [-0.4, -0.2) is 24.5 Å². The first kappa shape index (κ1) is 15.7. The molecule has 0 saturated carbocycles. The highest BCUT2D eigenvalue weighted by molar-refractivity contribution is 7.91. The second kappa shape index (κ2) is 6.41. The van der Waals surface area contributed by atoms with Crippen molar-refractivity contribution in [3.05, 3.63) is 46.2 Å². The van der Waals surface area contributed by atoms with E-state index >= 15 is 0 Å². The second-order valence-corrected chi connectivity index (χ2v) is 7.34. The topological polar surface area (TPSA) is 82.2 Å². The molecule has 0 spiro atoms. The first-order valence-electron chi connectivity index (χ1n) is 7.00. The highest BCUT2D eigenvalue weighted by Gasteiger charge is 2.13. The summed E-state index contributed by atoms with van der Waals surface area (Å²) in [5, 5.41) is 0.894. The fourth-order valence-corrected chi connectivity index (χ4v) is 3.69. The fraction of sp³-hybridized carbons (Fsp3) is 0.400. The Morgan fingerprint density at radius 1 is 1.19 bits per heavy atom. The van der Waals surface area contributed by atoms with E-state index in [0.29, 0.717) is 12.0 Å². The van der Waals surface area contributed by atoms with E-state index in [2.05, 4.69) is 0 Å². The van der Waals surface area contributed by atoms with Crippen LogP contribution < -0.4 is 11.3 Å². The van der Waals surface area contributed by atoms with Gasteiger partial charge in [0.15, 0.2) is 9.84 Å². The second-order valence-electron chi connectivity index (χ2n) is 5.04. The Kier molecular flexibility index (Phi) is 4.80. The predicted molar refractivity (Wildman–Crippen MR) is 85.0 cm³/mol. The monoisotopic (exact) mass is 308 g/mol. The van der Waals surface area contributed by atoms with E-state index < -0.39 is 9.84 Å². The predicted octanol–water partition coefficient (Wildman–Crippen LogP) is 1.28. The normalized spacial score (nSPS) is 11.9. The summed E-state index contributed by atoms with van der Waals surface area (Å²) in [7, 11) is -3.13. The molecule has 5 nitrogen and oxygen atoms in total. The van der Waals surface area contributed by atoms with Crippen molar-refractivity contribution in [2.24, 2.45) is 5.73 Å². The highest BCUT2D eigenvalue weighted by Crippen LogP contribution is 2.13. The number of nitrogens with two attached hydrogens (primary N) is 1. The number of para-hydroxylation sites is 1. The van der Waals surface area contributed by atoms with Crippen LogP contribution in [0.15, 0.2) is 35.1 Å². The van der Waals surface area contributed by atoms with E-state index in [1.165, 1.54) is 4.57 Å². The summed E-state index contributed by atoms with van der Waals surface area (Å²) >= 11 is 0. The van der Waals surface area contributed by atoms with Crippen LogP contribution in [0.4, 0.5) is 0 Å². The van der Waals surface area contributed by atoms with E-state index in [9.17, 15) is 13.2 Å². The van der Waals surface area contributed by atoms with E-state index in [0.717, 1.165) is 10.9 Å². The first-order valence-corrected chi connectivity index (χ1v) is 8.82. The molecule has 1 heterocycles. The van der Waals surface area contributed by atoms with Gasteiger partial charge in [-0.15, -0.1) is 0 Å². The molecular formula is C15H20N2O3S. The molecule has 0 unspecified atom stereocenters. The van der Waals surface area contributed by atoms with Crippen molar-refractivity contribution >= 4 is 20.7 Å². The maximum absolute atomic E-state index is 12.4. The molecule has 114 valence electrons. The van der Waals surface area contributed by atoms with Gasteiger partial charge < -0.3 is 10.3 Å². The number of sulfone groups is 1. The van der Waals surface area contributed by atoms with Gasteiger partial charge in [0.2, 0.25) is 0 Å². The Balaban J connectivity index is 2.47. The molecule has 1 aromatic heterocycles. The van der Waals surface area contributed by atoms with E-state index in [1.807, 2.05) is 31.2 Å². The average molecular weight is 308 g/mol. The molecule has 6 heteroatoms. The van der Waals surface area contributed by atoms with Gasteiger partial charge in [-0.1, -0.05) is 25.1 Å². The van der Waals surface area contributed by atoms with Gasteiger partial charge in [-0.25, -0.2) is 8.42 Å². The number of hydrogen-bond donors (Lipinski definition) is 1. The molecule has 2 aromatic rings. The van der Waals surface area contributed by atoms with Crippen LogP contribution in [0.2, 0.25) is 0 Å². The van der Waals surface area contributed by atoms with Crippen LogP contribution in [0.5, 0.6) is 0 Å². The van der Waals surface area contributed by atoms with Gasteiger partial charge in [-0.2, -0.15) is 0 Å². The maximum Gasteiger partial charge on any atom is 0.255 e. The summed E-state index contributed by atoms with van der Waals surface area (Å²) in [5.74, 6) is 0.120. The molecule has 21 heavy (non-hydrogen) atoms. The zero-order valence-electron chi connectivity index (χ0n) is 12.1. The van der Waals surface area contributed by atoms with Crippen molar-refractivity contribution in [3.8, 4) is 0 Å². The van der Waals surface area contributed by atoms with Crippen molar-refractivity contribution in [2.75, 3.05) is 11.5 Å². The number of hydrogen-bond acceptors (Lipinski definition) is 4. The van der Waals surface area contributed by atoms with Gasteiger partial charge in [0.1, 0.15) is 0 Å². The van der Waals surface area contributed by atoms with Gasteiger partial charge in [0.05, 0.1) is 11.3 Å². The smallest absolute Gasteiger partial charge is 0.255 e. The van der Waals surface area contributed by atoms with E-state index in [1.54, 1.807) is 6.07 Å². The zero-order chi connectivity index (χ0) is 15.5. The molecule has 0 aliphatic heterocycles. The quantitative estimate of drug-likeness (QED) is 0.871. The summed E-state index contributed by atoms with van der Waals surface area (Å²) < 4.78 is 25.2. The van der Waals surface area contributed by atoms with Gasteiger partial charge in [-0.3, -0.25) is 4.79 Å². The SMILES string of the molecule is CCCS(=O)(=O)CCn1c(=O)c(CN)cc2ccccc21. The zero-order valence-corrected chi connectivity index (χ0v) is 12.9. The largest absolute Gasteiger partial charge is 0.326 e. The lowest BCUT2D eigenvalue weighted by molar-refractivity contribution is 0.587. The van der Waals surface area contributed by atoms with Crippen molar-refractivity contribution in [1.82, 2.24) is 4.57 Å². The van der Waals surface area contributed by atoms with E-state index in [4.69, 9.17) is 5.73 Å². The molecule has 0 aliphatic carbocycles. The molecule has 0 atom stereocenters. The minimum Gasteiger partial charge on any atom is -0.326 e. The van der Waals surface area contributed by atoms with Crippen LogP contribution in [0, 0.1) is 0 Å². The first-order chi connectivity index (χ1) is 9.98. The highest BCUT2D eigenvalue weighted by atomic mass is 32.2. The number of aryl methyl sites for hydroxylation is 1. The molecule has 2 rings (SSSR count). The number of pyridine rings is 1. The number of rotatable bonds is 6. The van der Waals surface area contributed by atoms with Crippen molar-refractivity contribution < 1.29 is 8.42 Å². The summed E-state index contributed by atoms with van der Waals surface area (Å²) in [5.41, 5.74) is 6.65. The average Bonchev–Trinajstić information content (AvgIpc) is 2.45. The van der Waals surface area contributed by atoms with Crippen molar-refractivity contribution in [2.45, 2.75) is 26.4 Å². The third-order valence-electron chi connectivity index (χ3n) is 3.44. The lowest BCUT2D eigenvalue weighted by Gasteiger charge is -2.12. The minimum atomic E-state index is -3.13. The molecule has 0 fully saturated rings. The van der Waals surface area contributed by atoms with Gasteiger partial charge in [0.25, 0.3) is 5.56 Å². The number of fused-ring (bicyclic) bond motifs is 1. The van der Waals surface area contributed by atoms with E-state index in [-0.39, 0.29) is 30.2 Å². The fourth-order valence-electron chi connectivity index (χ4n) is 2.40.